The Morgan fingerprint density at radius 1 is 0.516 bits per heavy atom. The molecule has 7 saturated carbocycles. The number of rotatable bonds is 10. The fourth-order valence-corrected chi connectivity index (χ4v) is 23.0. The molecule has 8 aliphatic carbocycles. The van der Waals surface area contributed by atoms with Crippen LogP contribution in [0.4, 0.5) is 43.9 Å². The Morgan fingerprint density at radius 2 is 0.935 bits per heavy atom. The molecule has 0 spiro atoms. The number of carbonyl (C=O) groups excluding carboxylic acids is 3. The zero-order chi connectivity index (χ0) is 66.4. The van der Waals surface area contributed by atoms with Crippen molar-refractivity contribution in [1.29, 1.82) is 0 Å². The minimum atomic E-state index is -6.73. The van der Waals surface area contributed by atoms with Gasteiger partial charge in [0.25, 0.3) is 12.2 Å². The predicted octanol–water partition coefficient (Wildman–Crippen LogP) is 14.6. The van der Waals surface area contributed by atoms with Crippen LogP contribution in [0.1, 0.15) is 62.5 Å². The van der Waals surface area contributed by atoms with Crippen LogP contribution in [0.25, 0.3) is 0 Å². The van der Waals surface area contributed by atoms with Crippen LogP contribution in [0.3, 0.4) is 0 Å². The Hall–Kier alpha value is -6.16. The Kier molecular flexibility index (Phi) is 18.1. The van der Waals surface area contributed by atoms with E-state index in [0.717, 1.165) is 12.8 Å². The fraction of sp³-hybridized carbons (Fsp3) is 0.388. The summed E-state index contributed by atoms with van der Waals surface area (Å²) in [5.74, 6) is -4.45. The van der Waals surface area contributed by atoms with Crippen molar-refractivity contribution >= 4 is 71.5 Å². The third kappa shape index (κ3) is 12.7. The molecule has 7 fully saturated rings. The Bertz CT molecular complexity index is 3860. The van der Waals surface area contributed by atoms with Crippen molar-refractivity contribution in [2.75, 3.05) is 0 Å². The van der Waals surface area contributed by atoms with Crippen LogP contribution in [-0.2, 0) is 72.3 Å². The number of esters is 2. The molecule has 93 heavy (non-hydrogen) atoms. The lowest BCUT2D eigenvalue weighted by Gasteiger charge is -2.54. The number of halogens is 10. The number of fused-ring (bicyclic) bond motifs is 13. The quantitative estimate of drug-likeness (QED) is 0.0316. The van der Waals surface area contributed by atoms with Gasteiger partial charge in [-0.25, -0.2) is 16.8 Å². The lowest BCUT2D eigenvalue weighted by molar-refractivity contribution is -0.265. The van der Waals surface area contributed by atoms with Gasteiger partial charge in [0.1, 0.15) is 16.7 Å². The van der Waals surface area contributed by atoms with E-state index >= 15 is 0 Å². The molecule has 11 unspecified atom stereocenters. The van der Waals surface area contributed by atoms with Crippen molar-refractivity contribution in [3.05, 3.63) is 181 Å². The van der Waals surface area contributed by atoms with Crippen molar-refractivity contribution in [3.63, 3.8) is 0 Å². The first-order valence-electron chi connectivity index (χ1n) is 29.9. The van der Waals surface area contributed by atoms with E-state index < -0.39 is 90.4 Å². The third-order valence-electron chi connectivity index (χ3n) is 19.4. The first kappa shape index (κ1) is 66.8. The molecule has 0 amide bonds. The van der Waals surface area contributed by atoms with Crippen LogP contribution < -0.4 is 0 Å². The van der Waals surface area contributed by atoms with Gasteiger partial charge in [-0.15, -0.1) is 0 Å². The second-order valence-electron chi connectivity index (χ2n) is 25.0. The van der Waals surface area contributed by atoms with Gasteiger partial charge in [-0.2, -0.15) is 43.9 Å². The lowest BCUT2D eigenvalue weighted by Crippen LogP contribution is -2.58. The zero-order valence-electron chi connectivity index (χ0n) is 48.8. The van der Waals surface area contributed by atoms with Gasteiger partial charge in [0.05, 0.1) is 32.0 Å². The van der Waals surface area contributed by atoms with Gasteiger partial charge in [-0.05, 0) is 153 Å². The lowest BCUT2D eigenvalue weighted by atomic mass is 9.49. The van der Waals surface area contributed by atoms with Crippen molar-refractivity contribution in [2.45, 2.75) is 132 Å². The number of ether oxygens (including phenoxy) is 2. The maximum absolute atomic E-state index is 13.6. The molecular weight excluding hydrogens is 1330 g/mol. The van der Waals surface area contributed by atoms with Crippen LogP contribution in [0.2, 0.25) is 0 Å². The summed E-state index contributed by atoms with van der Waals surface area (Å²) >= 11 is 1.89. The van der Waals surface area contributed by atoms with Gasteiger partial charge < -0.3 is 18.6 Å². The van der Waals surface area contributed by atoms with Crippen molar-refractivity contribution < 1.29 is 93.7 Å². The summed E-state index contributed by atoms with van der Waals surface area (Å²) in [4.78, 5) is 48.1. The molecule has 6 aromatic rings. The molecule has 0 aromatic heterocycles. The molecule has 16 rings (SSSR count). The highest BCUT2D eigenvalue weighted by Crippen LogP contribution is 2.67. The number of hydrogen-bond donors (Lipinski definition) is 0. The summed E-state index contributed by atoms with van der Waals surface area (Å²) < 4.78 is 203. The van der Waals surface area contributed by atoms with E-state index in [4.69, 9.17) is 0 Å². The van der Waals surface area contributed by atoms with Gasteiger partial charge in [0, 0.05) is 29.4 Å². The number of carbonyl (C=O) groups is 3. The number of Topliss-reactive ketones (excluding diaryl/α,β-unsaturated/α-hetero) is 1. The van der Waals surface area contributed by atoms with E-state index in [1.165, 1.54) is 50.3 Å². The summed E-state index contributed by atoms with van der Waals surface area (Å²) in [5, 5.41) is -11.7. The molecule has 2 aliphatic heterocycles. The number of alkyl halides is 10. The maximum atomic E-state index is 13.6. The summed E-state index contributed by atoms with van der Waals surface area (Å²) in [6.45, 7) is 0. The first-order chi connectivity index (χ1) is 43.9. The monoisotopic (exact) mass is 1390 g/mol. The molecule has 0 N–H and O–H groups in total. The predicted molar refractivity (Wildman–Crippen MR) is 319 cm³/mol. The molecule has 492 valence electrons. The maximum Gasteiger partial charge on any atom is 0.432 e. The van der Waals surface area contributed by atoms with E-state index in [1.54, 1.807) is 0 Å². The van der Waals surface area contributed by atoms with Crippen LogP contribution in [-0.4, -0.2) is 78.7 Å². The van der Waals surface area contributed by atoms with E-state index in [-0.39, 0.29) is 82.8 Å². The molecule has 6 aromatic carbocycles. The minimum Gasteiger partial charge on any atom is -0.743 e. The first-order valence-corrected chi connectivity index (χ1v) is 36.0. The number of hydrogen-bond acceptors (Lipinski definition) is 12. The van der Waals surface area contributed by atoms with Gasteiger partial charge in [0.15, 0.2) is 49.6 Å². The van der Waals surface area contributed by atoms with Gasteiger partial charge in [-0.3, -0.25) is 14.4 Å². The molecule has 0 radical (unpaired) electrons. The van der Waals surface area contributed by atoms with Crippen LogP contribution in [0.5, 0.6) is 0 Å². The highest BCUT2D eigenvalue weighted by atomic mass is 32.2. The molecule has 11 nitrogen and oxygen atoms in total. The highest BCUT2D eigenvalue weighted by molar-refractivity contribution is 8.04. The molecule has 10 aliphatic rings. The van der Waals surface area contributed by atoms with Gasteiger partial charge in [0.2, 0.25) is 0 Å². The normalized spacial score (nSPS) is 27.7. The SMILES string of the molecule is O=C(OC(C(F)(F)F)C(F)(F)S(=O)(=O)[O-])C1CC2CC1C1C3C=CC(C3)C21.O=C1C2CC3CC1CC(C(=O)OC(C(F)(F)F)C(F)(F)S(=O)(=O)[O-])(C3)C2.c1ccc([S+]2c3ccccc3Cc3ccccc32)cc1.c1ccc([S+]2c3ccccc3Sc3ccccc32)cc1. The van der Waals surface area contributed by atoms with E-state index in [2.05, 4.69) is 173 Å². The Morgan fingerprint density at radius 3 is 1.41 bits per heavy atom. The molecule has 8 bridgehead atoms. The van der Waals surface area contributed by atoms with Gasteiger partial charge >= 0.3 is 34.8 Å². The smallest absolute Gasteiger partial charge is 0.432 e. The molecule has 26 heteroatoms. The zero-order valence-corrected chi connectivity index (χ0v) is 52.9. The number of allylic oxidation sites excluding steroid dienone is 2. The summed E-state index contributed by atoms with van der Waals surface area (Å²) in [6.07, 6.45) is -12.7. The largest absolute Gasteiger partial charge is 0.743 e. The van der Waals surface area contributed by atoms with Crippen LogP contribution >= 0.6 is 11.8 Å². The summed E-state index contributed by atoms with van der Waals surface area (Å²) in [6, 6.07) is 57.1. The summed E-state index contributed by atoms with van der Waals surface area (Å²) in [7, 11) is -13.3. The number of ketones is 1. The van der Waals surface area contributed by atoms with E-state index in [0.29, 0.717) is 31.1 Å². The molecule has 0 saturated heterocycles. The van der Waals surface area contributed by atoms with Crippen LogP contribution in [0.15, 0.2) is 209 Å². The Balaban J connectivity index is 0.000000120. The van der Waals surface area contributed by atoms with Crippen LogP contribution in [0, 0.1) is 64.6 Å². The standard InChI is InChI=1S/C19H15S.C18H13S2.C16H17F5O5S.C14H15F5O6S/c1-2-10-17(11-3-1)20-18-12-6-4-8-15(18)14-16-9-5-7-13-19(16)20;1-2-8-14(9-3-1)20-17-12-6-4-10-15(17)19-16-11-5-7-13-18(16)20;17-15(18,19)14(16(20,21)27(23,24)25)26-13(22)10-5-8-4-9(10)12-7-2-1-6(3-7)11(8)12;15-13(16,17)10(14(18,19)26(22,23)24)25-11(21)12-3-6-1-7(4-12)9(20)8(2-6)5-12/h1-13H,14H2;1-13H;1-2,6-12,14H,3-5H2,(H,23,24,25);6-8,10H,1-5H2,(H,22,23,24)/q2*+1;;/p-2. The molecule has 11 atom stereocenters. The topological polar surface area (TPSA) is 184 Å². The second-order valence-corrected chi connectivity index (χ2v) is 32.9. The van der Waals surface area contributed by atoms with Crippen molar-refractivity contribution in [1.82, 2.24) is 0 Å². The third-order valence-corrected chi connectivity index (χ3v) is 27.3. The van der Waals surface area contributed by atoms with E-state index in [1.807, 2.05) is 17.8 Å². The molecular formula is C67H58F10O11S5. The number of benzene rings is 6. The molecule has 2 heterocycles. The fourth-order valence-electron chi connectivity index (χ4n) is 15.9. The average molecular weight is 1390 g/mol. The summed E-state index contributed by atoms with van der Waals surface area (Å²) in [5.41, 5.74) is 1.41. The average Bonchev–Trinajstić information content (AvgIpc) is 1.64. The van der Waals surface area contributed by atoms with Crippen molar-refractivity contribution in [3.8, 4) is 0 Å². The van der Waals surface area contributed by atoms with Gasteiger partial charge in [-0.1, -0.05) is 121 Å². The highest BCUT2D eigenvalue weighted by Gasteiger charge is 2.68. The van der Waals surface area contributed by atoms with Crippen molar-refractivity contribution in [2.24, 2.45) is 64.6 Å². The Labute approximate surface area is 539 Å². The minimum absolute atomic E-state index is 0.0212. The second kappa shape index (κ2) is 25.1. The van der Waals surface area contributed by atoms with E-state index in [9.17, 15) is 84.2 Å².